The van der Waals surface area contributed by atoms with Crippen molar-refractivity contribution in [2.24, 2.45) is 0 Å². The number of phenolic OH excluding ortho intramolecular Hbond substituents is 1. The lowest BCUT2D eigenvalue weighted by Crippen LogP contribution is -2.34. The van der Waals surface area contributed by atoms with Gasteiger partial charge in [-0.2, -0.15) is 21.6 Å². The maximum absolute atomic E-state index is 11.9. The van der Waals surface area contributed by atoms with Gasteiger partial charge < -0.3 is 5.11 Å². The molecule has 2 aromatic carbocycles. The number of aromatic hydroxyl groups is 1. The average Bonchev–Trinajstić information content (AvgIpc) is 2.51. The van der Waals surface area contributed by atoms with Crippen LogP contribution in [0.1, 0.15) is 34.6 Å². The molecule has 0 saturated carbocycles. The predicted octanol–water partition coefficient (Wildman–Crippen LogP) is 3.32. The van der Waals surface area contributed by atoms with Gasteiger partial charge in [-0.15, -0.1) is 11.8 Å². The molecule has 0 bridgehead atoms. The van der Waals surface area contributed by atoms with E-state index in [0.29, 0.717) is 16.2 Å². The summed E-state index contributed by atoms with van der Waals surface area (Å²) >= 11 is 1.59. The lowest BCUT2D eigenvalue weighted by atomic mass is 9.94. The van der Waals surface area contributed by atoms with Crippen molar-refractivity contribution in [3.63, 3.8) is 0 Å². The molecule has 2 aromatic rings. The van der Waals surface area contributed by atoms with Crippen molar-refractivity contribution in [2.45, 2.75) is 29.5 Å². The van der Waals surface area contributed by atoms with Gasteiger partial charge in [0.2, 0.25) is 0 Å². The molecule has 0 unspecified atom stereocenters. The summed E-state index contributed by atoms with van der Waals surface area (Å²) in [6.07, 6.45) is 0. The average molecular weight is 437 g/mol. The summed E-state index contributed by atoms with van der Waals surface area (Å²) in [5.41, 5.74) is -4.92. The summed E-state index contributed by atoms with van der Waals surface area (Å²) < 4.78 is 57.5. The first-order valence-corrected chi connectivity index (χ1v) is 9.90. The molecule has 0 spiro atoms. The van der Waals surface area contributed by atoms with E-state index in [-0.39, 0.29) is 11.3 Å². The molecule has 0 fully saturated rings. The standard InChI is InChI=1S/C15H13NO3S.CHF3O3S/c1-7(2)20-11-6-10(17)13-12-8(11)4-3-5-9(12)14(18)16-15(13)19;2-1(3,4)8(5,6)7/h3-7,17H,1-2H3,(H,16,18,19);(H,5,6,7). The molecule has 12 heteroatoms. The van der Waals surface area contributed by atoms with Crippen LogP contribution in [0, 0.1) is 0 Å². The molecule has 3 rings (SSSR count). The number of benzene rings is 2. The molecule has 0 aromatic heterocycles. The fraction of sp³-hybridized carbons (Fsp3) is 0.250. The topological polar surface area (TPSA) is 121 Å². The van der Waals surface area contributed by atoms with E-state index in [1.165, 1.54) is 0 Å². The molecule has 3 N–H and O–H groups in total. The van der Waals surface area contributed by atoms with Crippen LogP contribution in [0.5, 0.6) is 5.75 Å². The Morgan fingerprint density at radius 3 is 2.21 bits per heavy atom. The molecular weight excluding hydrogens is 423 g/mol. The number of hydrogen-bond acceptors (Lipinski definition) is 6. The van der Waals surface area contributed by atoms with Gasteiger partial charge in [0, 0.05) is 21.1 Å². The number of alkyl halides is 3. The van der Waals surface area contributed by atoms with E-state index in [4.69, 9.17) is 13.0 Å². The van der Waals surface area contributed by atoms with Gasteiger partial charge in [0.05, 0.1) is 5.56 Å². The Bertz CT molecular complexity index is 1060. The van der Waals surface area contributed by atoms with Gasteiger partial charge in [-0.25, -0.2) is 0 Å². The van der Waals surface area contributed by atoms with E-state index in [1.807, 2.05) is 6.07 Å². The normalized spacial score (nSPS) is 14.0. The van der Waals surface area contributed by atoms with Crippen LogP contribution in [-0.2, 0) is 10.1 Å². The second-order valence-corrected chi connectivity index (χ2v) is 8.90. The third-order valence-corrected chi connectivity index (χ3v) is 5.11. The summed E-state index contributed by atoms with van der Waals surface area (Å²) in [6, 6.07) is 6.93. The van der Waals surface area contributed by atoms with Gasteiger partial charge in [0.25, 0.3) is 11.8 Å². The largest absolute Gasteiger partial charge is 0.522 e. The van der Waals surface area contributed by atoms with Crippen molar-refractivity contribution >= 4 is 44.5 Å². The van der Waals surface area contributed by atoms with Crippen LogP contribution >= 0.6 is 11.8 Å². The minimum atomic E-state index is -5.84. The van der Waals surface area contributed by atoms with Crippen LogP contribution in [0.2, 0.25) is 0 Å². The highest BCUT2D eigenvalue weighted by Crippen LogP contribution is 2.40. The number of amides is 2. The predicted molar refractivity (Wildman–Crippen MR) is 96.0 cm³/mol. The van der Waals surface area contributed by atoms with Crippen LogP contribution in [0.4, 0.5) is 13.2 Å². The number of phenols is 1. The van der Waals surface area contributed by atoms with E-state index in [1.54, 1.807) is 30.0 Å². The molecule has 152 valence electrons. The summed E-state index contributed by atoms with van der Waals surface area (Å²) in [5.74, 6) is -1.05. The molecule has 7 nitrogen and oxygen atoms in total. The first-order chi connectivity index (χ1) is 12.7. The lowest BCUT2D eigenvalue weighted by molar-refractivity contribution is -0.0510. The fourth-order valence-corrected chi connectivity index (χ4v) is 3.42. The number of carbonyl (C=O) groups is 2. The maximum Gasteiger partial charge on any atom is 0.522 e. The summed E-state index contributed by atoms with van der Waals surface area (Å²) in [4.78, 5) is 24.7. The highest BCUT2D eigenvalue weighted by atomic mass is 32.2. The Labute approximate surface area is 161 Å². The van der Waals surface area contributed by atoms with Gasteiger partial charge in [0.1, 0.15) is 5.75 Å². The van der Waals surface area contributed by atoms with E-state index in [9.17, 15) is 27.9 Å². The number of halogens is 3. The monoisotopic (exact) mass is 437 g/mol. The maximum atomic E-state index is 11.9. The molecule has 1 heterocycles. The molecule has 1 aliphatic heterocycles. The Balaban J connectivity index is 0.000000300. The quantitative estimate of drug-likeness (QED) is 0.285. The zero-order valence-corrected chi connectivity index (χ0v) is 16.0. The van der Waals surface area contributed by atoms with E-state index in [2.05, 4.69) is 19.2 Å². The smallest absolute Gasteiger partial charge is 0.507 e. The van der Waals surface area contributed by atoms with Gasteiger partial charge in [0.15, 0.2) is 0 Å². The van der Waals surface area contributed by atoms with Crippen molar-refractivity contribution < 1.29 is 40.8 Å². The zero-order chi connectivity index (χ0) is 21.4. The van der Waals surface area contributed by atoms with Gasteiger partial charge in [-0.3, -0.25) is 19.5 Å². The third kappa shape index (κ3) is 4.39. The second kappa shape index (κ2) is 7.60. The second-order valence-electron chi connectivity index (χ2n) is 5.87. The number of nitrogens with one attached hydrogen (secondary N) is 1. The molecule has 28 heavy (non-hydrogen) atoms. The van der Waals surface area contributed by atoms with Gasteiger partial charge >= 0.3 is 15.6 Å². The molecule has 0 radical (unpaired) electrons. The highest BCUT2D eigenvalue weighted by Gasteiger charge is 2.44. The summed E-state index contributed by atoms with van der Waals surface area (Å²) in [5, 5.41) is 14.1. The van der Waals surface area contributed by atoms with Crippen molar-refractivity contribution in [2.75, 3.05) is 0 Å². The Kier molecular flexibility index (Phi) is 5.97. The third-order valence-electron chi connectivity index (χ3n) is 3.46. The summed E-state index contributed by atoms with van der Waals surface area (Å²) in [7, 11) is -5.84. The molecular formula is C16H14F3NO6S2. The SMILES string of the molecule is CC(C)Sc1cc(O)c2c3c(cccc13)C(=O)NC2=O.O=S(=O)(O)C(F)(F)F. The number of thioether (sulfide) groups is 1. The molecule has 0 saturated heterocycles. The minimum absolute atomic E-state index is 0.0851. The summed E-state index contributed by atoms with van der Waals surface area (Å²) in [6.45, 7) is 4.10. The van der Waals surface area contributed by atoms with Crippen molar-refractivity contribution in [3.05, 3.63) is 35.4 Å². The van der Waals surface area contributed by atoms with Crippen LogP contribution < -0.4 is 5.32 Å². The minimum Gasteiger partial charge on any atom is -0.507 e. The fourth-order valence-electron chi connectivity index (χ4n) is 2.43. The van der Waals surface area contributed by atoms with E-state index >= 15 is 0 Å². The van der Waals surface area contributed by atoms with Crippen LogP contribution in [0.25, 0.3) is 10.8 Å². The van der Waals surface area contributed by atoms with Crippen molar-refractivity contribution in [1.29, 1.82) is 0 Å². The van der Waals surface area contributed by atoms with E-state index < -0.39 is 27.4 Å². The first-order valence-electron chi connectivity index (χ1n) is 7.58. The Hall–Kier alpha value is -2.31. The number of rotatable bonds is 2. The van der Waals surface area contributed by atoms with Crippen LogP contribution in [-0.4, -0.2) is 40.6 Å². The van der Waals surface area contributed by atoms with E-state index in [0.717, 1.165) is 10.3 Å². The Morgan fingerprint density at radius 1 is 1.14 bits per heavy atom. The lowest BCUT2D eigenvalue weighted by Gasteiger charge is -2.20. The number of carbonyl (C=O) groups excluding carboxylic acids is 2. The molecule has 1 aliphatic rings. The number of hydrogen-bond donors (Lipinski definition) is 3. The van der Waals surface area contributed by atoms with Crippen LogP contribution in [0.15, 0.2) is 29.2 Å². The molecule has 2 amide bonds. The number of imide groups is 1. The molecule has 0 atom stereocenters. The van der Waals surface area contributed by atoms with Gasteiger partial charge in [-0.05, 0) is 17.5 Å². The van der Waals surface area contributed by atoms with Gasteiger partial charge in [-0.1, -0.05) is 26.0 Å². The Morgan fingerprint density at radius 2 is 1.71 bits per heavy atom. The van der Waals surface area contributed by atoms with Crippen molar-refractivity contribution in [3.8, 4) is 5.75 Å². The highest BCUT2D eigenvalue weighted by molar-refractivity contribution is 8.00. The molecule has 0 aliphatic carbocycles. The van der Waals surface area contributed by atoms with Crippen LogP contribution in [0.3, 0.4) is 0 Å². The first kappa shape index (κ1) is 22.0. The zero-order valence-electron chi connectivity index (χ0n) is 14.4. The van der Waals surface area contributed by atoms with Crippen molar-refractivity contribution in [1.82, 2.24) is 5.32 Å².